The van der Waals surface area contributed by atoms with Gasteiger partial charge in [-0.2, -0.15) is 13.2 Å². The molecule has 3 nitrogen and oxygen atoms in total. The second-order valence-electron chi connectivity index (χ2n) is 4.82. The Hall–Kier alpha value is -2.28. The number of hydrogen-bond donors (Lipinski definition) is 1. The molecular weight excluding hydrogens is 375 g/mol. The van der Waals surface area contributed by atoms with E-state index in [1.54, 1.807) is 12.1 Å². The summed E-state index contributed by atoms with van der Waals surface area (Å²) in [6.45, 7) is 0. The van der Waals surface area contributed by atoms with Crippen molar-refractivity contribution in [3.8, 4) is 0 Å². The zero-order chi connectivity index (χ0) is 16.6. The van der Waals surface area contributed by atoms with E-state index in [-0.39, 0.29) is 11.0 Å². The fourth-order valence-corrected chi connectivity index (χ4v) is 2.44. The van der Waals surface area contributed by atoms with Gasteiger partial charge in [0.25, 0.3) is 0 Å². The molecule has 0 radical (unpaired) electrons. The summed E-state index contributed by atoms with van der Waals surface area (Å²) in [5.41, 5.74) is -0.888. The Labute approximate surface area is 136 Å². The van der Waals surface area contributed by atoms with Crippen LogP contribution in [0.3, 0.4) is 0 Å². The Balaban J connectivity index is 2.05. The van der Waals surface area contributed by atoms with Crippen molar-refractivity contribution in [3.63, 3.8) is 0 Å². The maximum absolute atomic E-state index is 13.0. The number of hydrogen-bond acceptors (Lipinski definition) is 3. The van der Waals surface area contributed by atoms with Gasteiger partial charge in [-0.3, -0.25) is 0 Å². The lowest BCUT2D eigenvalue weighted by molar-refractivity contribution is -0.136. The molecule has 1 N–H and O–H groups in total. The first-order valence-corrected chi connectivity index (χ1v) is 7.30. The van der Waals surface area contributed by atoms with Crippen LogP contribution in [0.1, 0.15) is 5.56 Å². The molecule has 0 unspecified atom stereocenters. The smallest absolute Gasteiger partial charge is 0.417 e. The van der Waals surface area contributed by atoms with Crippen LogP contribution in [0.25, 0.3) is 11.0 Å². The molecule has 7 heteroatoms. The quantitative estimate of drug-likeness (QED) is 0.609. The average molecular weight is 384 g/mol. The summed E-state index contributed by atoms with van der Waals surface area (Å²) in [5, 5.41) is 2.88. The van der Waals surface area contributed by atoms with Crippen molar-refractivity contribution in [3.05, 3.63) is 69.0 Å². The third-order valence-corrected chi connectivity index (χ3v) is 3.71. The predicted molar refractivity (Wildman–Crippen MR) is 84.9 cm³/mol. The minimum absolute atomic E-state index is 0.119. The molecule has 1 aromatic heterocycles. The number of alkyl halides is 3. The third-order valence-electron chi connectivity index (χ3n) is 3.18. The van der Waals surface area contributed by atoms with Gasteiger partial charge in [-0.25, -0.2) is 4.79 Å². The zero-order valence-corrected chi connectivity index (χ0v) is 13.0. The highest BCUT2D eigenvalue weighted by molar-refractivity contribution is 9.10. The highest BCUT2D eigenvalue weighted by atomic mass is 79.9. The maximum Gasteiger partial charge on any atom is 0.417 e. The molecule has 0 aliphatic heterocycles. The largest absolute Gasteiger partial charge is 0.423 e. The van der Waals surface area contributed by atoms with Gasteiger partial charge in [-0.05, 0) is 36.4 Å². The maximum atomic E-state index is 13.0. The minimum atomic E-state index is -4.62. The Morgan fingerprint density at radius 2 is 1.61 bits per heavy atom. The standard InChI is InChI=1S/C16H9BrF3NO2/c17-9-1-3-10(4-2-9)21-11-5-6-12-13(16(18,19)20)8-15(22)23-14(12)7-11/h1-8,21H. The molecule has 0 fully saturated rings. The molecule has 0 saturated carbocycles. The number of fused-ring (bicyclic) bond motifs is 1. The molecule has 0 amide bonds. The Kier molecular flexibility index (Phi) is 3.89. The summed E-state index contributed by atoms with van der Waals surface area (Å²) in [7, 11) is 0. The molecule has 3 rings (SSSR count). The van der Waals surface area contributed by atoms with Crippen LogP contribution in [0.2, 0.25) is 0 Å². The van der Waals surface area contributed by atoms with Gasteiger partial charge in [-0.15, -0.1) is 0 Å². The van der Waals surface area contributed by atoms with Crippen LogP contribution in [0, 0.1) is 0 Å². The van der Waals surface area contributed by atoms with Crippen molar-refractivity contribution in [1.29, 1.82) is 0 Å². The first-order valence-electron chi connectivity index (χ1n) is 6.51. The number of rotatable bonds is 2. The van der Waals surface area contributed by atoms with E-state index in [9.17, 15) is 18.0 Å². The van der Waals surface area contributed by atoms with Crippen LogP contribution in [0.4, 0.5) is 24.5 Å². The van der Waals surface area contributed by atoms with Crippen LogP contribution in [0.5, 0.6) is 0 Å². The van der Waals surface area contributed by atoms with E-state index in [0.29, 0.717) is 11.8 Å². The molecule has 118 valence electrons. The molecule has 2 aromatic carbocycles. The fourth-order valence-electron chi connectivity index (χ4n) is 2.17. The van der Waals surface area contributed by atoms with E-state index in [1.165, 1.54) is 18.2 Å². The van der Waals surface area contributed by atoms with E-state index in [2.05, 4.69) is 21.2 Å². The third kappa shape index (κ3) is 3.39. The second kappa shape index (κ2) is 5.73. The first kappa shape index (κ1) is 15.6. The SMILES string of the molecule is O=c1cc(C(F)(F)F)c2ccc(Nc3ccc(Br)cc3)cc2o1. The van der Waals surface area contributed by atoms with Crippen LogP contribution in [-0.2, 0) is 6.18 Å². The van der Waals surface area contributed by atoms with Crippen molar-refractivity contribution < 1.29 is 17.6 Å². The number of nitrogens with one attached hydrogen (secondary N) is 1. The molecule has 0 saturated heterocycles. The summed E-state index contributed by atoms with van der Waals surface area (Å²) < 4.78 is 44.7. The summed E-state index contributed by atoms with van der Waals surface area (Å²) >= 11 is 3.31. The lowest BCUT2D eigenvalue weighted by Crippen LogP contribution is -2.11. The molecule has 1 heterocycles. The van der Waals surface area contributed by atoms with Gasteiger partial charge in [0.05, 0.1) is 5.56 Å². The molecule has 0 atom stereocenters. The number of halogens is 4. The van der Waals surface area contributed by atoms with Crippen molar-refractivity contribution >= 4 is 38.3 Å². The minimum Gasteiger partial charge on any atom is -0.423 e. The van der Waals surface area contributed by atoms with Gasteiger partial charge in [-0.1, -0.05) is 15.9 Å². The van der Waals surface area contributed by atoms with Gasteiger partial charge < -0.3 is 9.73 Å². The first-order chi connectivity index (χ1) is 10.8. The monoisotopic (exact) mass is 383 g/mol. The average Bonchev–Trinajstić information content (AvgIpc) is 2.47. The van der Waals surface area contributed by atoms with Gasteiger partial charge in [0, 0.05) is 33.4 Å². The van der Waals surface area contributed by atoms with Gasteiger partial charge in [0.15, 0.2) is 0 Å². The molecule has 0 spiro atoms. The number of anilines is 2. The van der Waals surface area contributed by atoms with Crippen molar-refractivity contribution in [2.45, 2.75) is 6.18 Å². The Morgan fingerprint density at radius 1 is 0.957 bits per heavy atom. The summed E-state index contributed by atoms with van der Waals surface area (Å²) in [6.07, 6.45) is -4.62. The fraction of sp³-hybridized carbons (Fsp3) is 0.0625. The molecule has 0 aliphatic rings. The highest BCUT2D eigenvalue weighted by Gasteiger charge is 2.33. The summed E-state index contributed by atoms with van der Waals surface area (Å²) in [5.74, 6) is 0. The lowest BCUT2D eigenvalue weighted by Gasteiger charge is -2.11. The summed E-state index contributed by atoms with van der Waals surface area (Å²) in [4.78, 5) is 11.4. The molecule has 0 bridgehead atoms. The molecular formula is C16H9BrF3NO2. The molecule has 23 heavy (non-hydrogen) atoms. The Bertz CT molecular complexity index is 917. The predicted octanol–water partition coefficient (Wildman–Crippen LogP) is 5.32. The lowest BCUT2D eigenvalue weighted by atomic mass is 10.1. The number of benzene rings is 2. The topological polar surface area (TPSA) is 42.2 Å². The Morgan fingerprint density at radius 3 is 2.26 bits per heavy atom. The van der Waals surface area contributed by atoms with Gasteiger partial charge in [0.2, 0.25) is 0 Å². The molecule has 3 aromatic rings. The second-order valence-corrected chi connectivity index (χ2v) is 5.74. The van der Waals surface area contributed by atoms with Crippen molar-refractivity contribution in [2.75, 3.05) is 5.32 Å². The summed E-state index contributed by atoms with van der Waals surface area (Å²) in [6, 6.07) is 11.9. The van der Waals surface area contributed by atoms with Crippen LogP contribution >= 0.6 is 15.9 Å². The van der Waals surface area contributed by atoms with Crippen molar-refractivity contribution in [1.82, 2.24) is 0 Å². The van der Waals surface area contributed by atoms with E-state index < -0.39 is 17.4 Å². The van der Waals surface area contributed by atoms with E-state index in [4.69, 9.17) is 4.42 Å². The zero-order valence-electron chi connectivity index (χ0n) is 11.4. The van der Waals surface area contributed by atoms with Crippen molar-refractivity contribution in [2.24, 2.45) is 0 Å². The van der Waals surface area contributed by atoms with E-state index in [0.717, 1.165) is 10.2 Å². The van der Waals surface area contributed by atoms with Crippen LogP contribution in [0.15, 0.2) is 62.2 Å². The van der Waals surface area contributed by atoms with E-state index >= 15 is 0 Å². The van der Waals surface area contributed by atoms with E-state index in [1.807, 2.05) is 12.1 Å². The van der Waals surface area contributed by atoms with Crippen LogP contribution in [-0.4, -0.2) is 0 Å². The van der Waals surface area contributed by atoms with Gasteiger partial charge in [0.1, 0.15) is 5.58 Å². The highest BCUT2D eigenvalue weighted by Crippen LogP contribution is 2.34. The van der Waals surface area contributed by atoms with Crippen LogP contribution < -0.4 is 10.9 Å². The molecule has 0 aliphatic carbocycles. The normalized spacial score (nSPS) is 11.7. The van der Waals surface area contributed by atoms with Gasteiger partial charge >= 0.3 is 11.8 Å².